The Kier molecular flexibility index (Phi) is 3.83. The van der Waals surface area contributed by atoms with Crippen LogP contribution in [0.2, 0.25) is 0 Å². The molecule has 1 atom stereocenters. The largest absolute Gasteiger partial charge is 0.345 e. The summed E-state index contributed by atoms with van der Waals surface area (Å²) in [6.07, 6.45) is 3.48. The maximum atomic E-state index is 12.1. The first kappa shape index (κ1) is 13.5. The Balaban J connectivity index is 2.26. The maximum Gasteiger partial charge on any atom is 0.243 e. The van der Waals surface area contributed by atoms with Gasteiger partial charge in [-0.25, -0.2) is 0 Å². The van der Waals surface area contributed by atoms with Crippen LogP contribution in [0.3, 0.4) is 0 Å². The summed E-state index contributed by atoms with van der Waals surface area (Å²) in [5.74, 6) is -0.0118. The van der Waals surface area contributed by atoms with Gasteiger partial charge in [0.25, 0.3) is 0 Å². The Morgan fingerprint density at radius 2 is 2.21 bits per heavy atom. The van der Waals surface area contributed by atoms with E-state index in [1.807, 2.05) is 26.8 Å². The highest BCUT2D eigenvalue weighted by Gasteiger charge is 2.36. The van der Waals surface area contributed by atoms with Crippen LogP contribution in [0.1, 0.15) is 25.0 Å². The molecule has 1 aliphatic rings. The minimum absolute atomic E-state index is 0.0329. The first-order valence-corrected chi connectivity index (χ1v) is 6.47. The molecular weight excluding hydrogens is 242 g/mol. The van der Waals surface area contributed by atoms with Crippen LogP contribution in [-0.4, -0.2) is 34.3 Å². The number of amides is 2. The van der Waals surface area contributed by atoms with E-state index < -0.39 is 6.04 Å². The maximum absolute atomic E-state index is 12.1. The fraction of sp³-hybridized carbons (Fsp3) is 0.500. The number of nitrogens with one attached hydrogen (secondary N) is 1. The van der Waals surface area contributed by atoms with Crippen molar-refractivity contribution >= 4 is 11.8 Å². The highest BCUT2D eigenvalue weighted by molar-refractivity contribution is 5.94. The molecule has 0 radical (unpaired) electrons. The molecule has 19 heavy (non-hydrogen) atoms. The summed E-state index contributed by atoms with van der Waals surface area (Å²) in [4.78, 5) is 29.7. The van der Waals surface area contributed by atoms with Gasteiger partial charge in [-0.1, -0.05) is 13.8 Å². The van der Waals surface area contributed by atoms with E-state index >= 15 is 0 Å². The summed E-state index contributed by atoms with van der Waals surface area (Å²) >= 11 is 0. The summed E-state index contributed by atoms with van der Waals surface area (Å²) in [5, 5.41) is 2.65. The van der Waals surface area contributed by atoms with Crippen molar-refractivity contribution in [3.8, 4) is 0 Å². The van der Waals surface area contributed by atoms with Crippen LogP contribution < -0.4 is 5.32 Å². The highest BCUT2D eigenvalue weighted by Crippen LogP contribution is 2.19. The second-order valence-electron chi connectivity index (χ2n) is 5.23. The Bertz CT molecular complexity index is 499. The zero-order valence-electron chi connectivity index (χ0n) is 11.5. The zero-order chi connectivity index (χ0) is 14.0. The van der Waals surface area contributed by atoms with Crippen LogP contribution in [0.5, 0.6) is 0 Å². The molecule has 1 unspecified atom stereocenters. The summed E-state index contributed by atoms with van der Waals surface area (Å²) in [6.45, 7) is 6.42. The van der Waals surface area contributed by atoms with E-state index in [4.69, 9.17) is 0 Å². The second kappa shape index (κ2) is 5.38. The number of carbonyl (C=O) groups excluding carboxylic acids is 2. The molecule has 2 rings (SSSR count). The van der Waals surface area contributed by atoms with Gasteiger partial charge < -0.3 is 10.2 Å². The van der Waals surface area contributed by atoms with Crippen molar-refractivity contribution in [2.75, 3.05) is 6.54 Å². The number of rotatable bonds is 3. The van der Waals surface area contributed by atoms with E-state index in [1.54, 1.807) is 17.3 Å². The predicted molar refractivity (Wildman–Crippen MR) is 71.2 cm³/mol. The van der Waals surface area contributed by atoms with Gasteiger partial charge in [0.1, 0.15) is 6.04 Å². The molecule has 0 spiro atoms. The third kappa shape index (κ3) is 2.75. The number of carbonyl (C=O) groups is 2. The molecule has 1 aliphatic heterocycles. The monoisotopic (exact) mass is 261 g/mol. The topological polar surface area (TPSA) is 62.3 Å². The Morgan fingerprint density at radius 1 is 1.47 bits per heavy atom. The van der Waals surface area contributed by atoms with Crippen molar-refractivity contribution in [1.82, 2.24) is 15.2 Å². The molecule has 102 valence electrons. The van der Waals surface area contributed by atoms with Crippen LogP contribution in [-0.2, 0) is 16.1 Å². The smallest absolute Gasteiger partial charge is 0.243 e. The van der Waals surface area contributed by atoms with Crippen molar-refractivity contribution in [2.24, 2.45) is 5.92 Å². The molecule has 2 heterocycles. The van der Waals surface area contributed by atoms with Gasteiger partial charge in [-0.3, -0.25) is 14.6 Å². The van der Waals surface area contributed by atoms with Crippen molar-refractivity contribution in [2.45, 2.75) is 33.4 Å². The third-order valence-corrected chi connectivity index (χ3v) is 3.45. The van der Waals surface area contributed by atoms with E-state index in [-0.39, 0.29) is 24.3 Å². The third-order valence-electron chi connectivity index (χ3n) is 3.45. The molecule has 0 saturated carbocycles. The SMILES string of the molecule is Cc1cnccc1CN1C(=O)CNC(=O)C1C(C)C. The lowest BCUT2D eigenvalue weighted by Gasteiger charge is -2.37. The van der Waals surface area contributed by atoms with Crippen LogP contribution in [0.25, 0.3) is 0 Å². The lowest BCUT2D eigenvalue weighted by molar-refractivity contribution is -0.148. The fourth-order valence-corrected chi connectivity index (χ4v) is 2.38. The van der Waals surface area contributed by atoms with Gasteiger partial charge in [0.2, 0.25) is 11.8 Å². The number of aryl methyl sites for hydroxylation is 1. The average Bonchev–Trinajstić information content (AvgIpc) is 2.36. The van der Waals surface area contributed by atoms with Gasteiger partial charge in [0.15, 0.2) is 0 Å². The van der Waals surface area contributed by atoms with Crippen molar-refractivity contribution < 1.29 is 9.59 Å². The van der Waals surface area contributed by atoms with E-state index in [2.05, 4.69) is 10.3 Å². The molecule has 1 fully saturated rings. The Morgan fingerprint density at radius 3 is 2.84 bits per heavy atom. The Labute approximate surface area is 113 Å². The van der Waals surface area contributed by atoms with Gasteiger partial charge in [-0.05, 0) is 30.0 Å². The molecule has 2 amide bonds. The van der Waals surface area contributed by atoms with Crippen molar-refractivity contribution in [3.63, 3.8) is 0 Å². The molecule has 1 saturated heterocycles. The standard InChI is InChI=1S/C14H19N3O2/c1-9(2)13-14(19)16-7-12(18)17(13)8-11-4-5-15-6-10(11)3/h4-6,9,13H,7-8H2,1-3H3,(H,16,19). The van der Waals surface area contributed by atoms with Gasteiger partial charge in [-0.2, -0.15) is 0 Å². The number of nitrogens with zero attached hydrogens (tertiary/aromatic N) is 2. The molecular formula is C14H19N3O2. The second-order valence-corrected chi connectivity index (χ2v) is 5.23. The van der Waals surface area contributed by atoms with Crippen molar-refractivity contribution in [1.29, 1.82) is 0 Å². The molecule has 1 aromatic rings. The minimum atomic E-state index is -0.395. The van der Waals surface area contributed by atoms with Gasteiger partial charge in [0.05, 0.1) is 6.54 Å². The van der Waals surface area contributed by atoms with Crippen LogP contribution in [0, 0.1) is 12.8 Å². The quantitative estimate of drug-likeness (QED) is 0.878. The highest BCUT2D eigenvalue weighted by atomic mass is 16.2. The lowest BCUT2D eigenvalue weighted by Crippen LogP contribution is -2.59. The number of pyridine rings is 1. The van der Waals surface area contributed by atoms with Crippen LogP contribution in [0.4, 0.5) is 0 Å². The molecule has 5 nitrogen and oxygen atoms in total. The molecule has 0 bridgehead atoms. The van der Waals surface area contributed by atoms with Gasteiger partial charge in [-0.15, -0.1) is 0 Å². The van der Waals surface area contributed by atoms with Crippen LogP contribution in [0.15, 0.2) is 18.5 Å². The first-order chi connectivity index (χ1) is 9.00. The van der Waals surface area contributed by atoms with E-state index in [0.717, 1.165) is 11.1 Å². The molecule has 5 heteroatoms. The van der Waals surface area contributed by atoms with E-state index in [1.165, 1.54) is 0 Å². The van der Waals surface area contributed by atoms with Gasteiger partial charge in [0, 0.05) is 18.9 Å². The van der Waals surface area contributed by atoms with Crippen molar-refractivity contribution in [3.05, 3.63) is 29.6 Å². The van der Waals surface area contributed by atoms with Crippen LogP contribution >= 0.6 is 0 Å². The predicted octanol–water partition coefficient (Wildman–Crippen LogP) is 0.873. The summed E-state index contributed by atoms with van der Waals surface area (Å²) in [5.41, 5.74) is 2.06. The van der Waals surface area contributed by atoms with E-state index in [9.17, 15) is 9.59 Å². The lowest BCUT2D eigenvalue weighted by atomic mass is 9.98. The number of aromatic nitrogens is 1. The molecule has 1 aromatic heterocycles. The molecule has 1 N–H and O–H groups in total. The fourth-order valence-electron chi connectivity index (χ4n) is 2.38. The van der Waals surface area contributed by atoms with E-state index in [0.29, 0.717) is 6.54 Å². The summed E-state index contributed by atoms with van der Waals surface area (Å²) < 4.78 is 0. The molecule has 0 aromatic carbocycles. The average molecular weight is 261 g/mol. The van der Waals surface area contributed by atoms with Gasteiger partial charge >= 0.3 is 0 Å². The number of piperazine rings is 1. The number of hydrogen-bond acceptors (Lipinski definition) is 3. The zero-order valence-corrected chi connectivity index (χ0v) is 11.5. The Hall–Kier alpha value is -1.91. The first-order valence-electron chi connectivity index (χ1n) is 6.47. The summed E-state index contributed by atoms with van der Waals surface area (Å²) in [7, 11) is 0. The number of hydrogen-bond donors (Lipinski definition) is 1. The normalized spacial score (nSPS) is 19.8. The summed E-state index contributed by atoms with van der Waals surface area (Å²) in [6, 6.07) is 1.50. The molecule has 0 aliphatic carbocycles. The minimum Gasteiger partial charge on any atom is -0.345 e.